The zero-order chi connectivity index (χ0) is 20.9. The number of imidazole rings is 1. The topological polar surface area (TPSA) is 73.4 Å². The molecule has 1 aromatic heterocycles. The third kappa shape index (κ3) is 4.12. The highest BCUT2D eigenvalue weighted by atomic mass is 16.5. The van der Waals surface area contributed by atoms with Crippen molar-refractivity contribution in [2.75, 3.05) is 20.8 Å². The van der Waals surface area contributed by atoms with E-state index >= 15 is 0 Å². The second-order valence-corrected chi connectivity index (χ2v) is 6.76. The Hall–Kier alpha value is -3.80. The first-order valence-corrected chi connectivity index (χ1v) is 9.61. The number of aromatic nitrogens is 2. The molecule has 1 heterocycles. The van der Waals surface area contributed by atoms with Gasteiger partial charge in [0.05, 0.1) is 37.4 Å². The Morgan fingerprint density at radius 3 is 2.57 bits per heavy atom. The van der Waals surface area contributed by atoms with E-state index < -0.39 is 0 Å². The van der Waals surface area contributed by atoms with Gasteiger partial charge in [0, 0.05) is 12.0 Å². The van der Waals surface area contributed by atoms with Crippen LogP contribution in [-0.4, -0.2) is 36.8 Å². The lowest BCUT2D eigenvalue weighted by molar-refractivity contribution is 0.0601. The molecule has 3 aromatic carbocycles. The molecule has 0 aliphatic carbocycles. The van der Waals surface area contributed by atoms with Gasteiger partial charge in [0.2, 0.25) is 0 Å². The Bertz CT molecular complexity index is 1170. The van der Waals surface area contributed by atoms with Crippen LogP contribution in [0, 0.1) is 0 Å². The number of carbonyl (C=O) groups is 1. The summed E-state index contributed by atoms with van der Waals surface area (Å²) >= 11 is 0. The highest BCUT2D eigenvalue weighted by Crippen LogP contribution is 2.32. The first-order chi connectivity index (χ1) is 14.7. The third-order valence-electron chi connectivity index (χ3n) is 4.83. The summed E-state index contributed by atoms with van der Waals surface area (Å²) in [7, 11) is 2.98. The van der Waals surface area contributed by atoms with Gasteiger partial charge in [-0.2, -0.15) is 0 Å². The maximum absolute atomic E-state index is 11.7. The second kappa shape index (κ2) is 8.69. The lowest BCUT2D eigenvalue weighted by Crippen LogP contribution is -2.02. The van der Waals surface area contributed by atoms with Crippen molar-refractivity contribution in [2.45, 2.75) is 6.42 Å². The number of H-pyrrole nitrogens is 1. The van der Waals surface area contributed by atoms with Gasteiger partial charge in [0.25, 0.3) is 0 Å². The molecular weight excluding hydrogens is 380 g/mol. The number of nitrogens with one attached hydrogen (secondary N) is 1. The molecule has 0 unspecified atom stereocenters. The van der Waals surface area contributed by atoms with Crippen LogP contribution in [0.2, 0.25) is 0 Å². The minimum Gasteiger partial charge on any atom is -0.493 e. The van der Waals surface area contributed by atoms with E-state index in [-0.39, 0.29) is 5.97 Å². The van der Waals surface area contributed by atoms with Gasteiger partial charge in [-0.25, -0.2) is 9.78 Å². The molecule has 0 saturated heterocycles. The molecule has 6 heteroatoms. The first kappa shape index (κ1) is 19.5. The highest BCUT2D eigenvalue weighted by Gasteiger charge is 2.12. The summed E-state index contributed by atoms with van der Waals surface area (Å²) in [6, 6.07) is 21.1. The van der Waals surface area contributed by atoms with Crippen molar-refractivity contribution in [3.05, 3.63) is 77.9 Å². The molecule has 1 N–H and O–H groups in total. The smallest absolute Gasteiger partial charge is 0.337 e. The molecule has 4 rings (SSSR count). The molecule has 0 aliphatic heterocycles. The zero-order valence-corrected chi connectivity index (χ0v) is 16.8. The molecule has 6 nitrogen and oxygen atoms in total. The number of hydrogen-bond acceptors (Lipinski definition) is 5. The fraction of sp³-hybridized carbons (Fsp3) is 0.167. The van der Waals surface area contributed by atoms with E-state index in [0.717, 1.165) is 23.0 Å². The van der Waals surface area contributed by atoms with Crippen LogP contribution >= 0.6 is 0 Å². The summed E-state index contributed by atoms with van der Waals surface area (Å²) in [6.07, 6.45) is 0.817. The minimum atomic E-state index is -0.383. The standard InChI is InChI=1S/C24H22N2O4/c1-28-22-15-17(9-11-21(22)30-13-12-16-6-4-3-5-7-16)23-25-19-10-8-18(24(27)29-2)14-20(19)26-23/h3-11,14-15H,12-13H2,1-2H3,(H,25,26). The molecule has 152 valence electrons. The average molecular weight is 402 g/mol. The number of benzene rings is 3. The molecule has 0 saturated carbocycles. The maximum atomic E-state index is 11.7. The molecule has 4 aromatic rings. The van der Waals surface area contributed by atoms with E-state index in [0.29, 0.717) is 29.5 Å². The number of carbonyl (C=O) groups excluding carboxylic acids is 1. The predicted octanol–water partition coefficient (Wildman–Crippen LogP) is 4.65. The van der Waals surface area contributed by atoms with Crippen molar-refractivity contribution in [3.63, 3.8) is 0 Å². The Balaban J connectivity index is 1.53. The van der Waals surface area contributed by atoms with Crippen LogP contribution in [0.4, 0.5) is 0 Å². The summed E-state index contributed by atoms with van der Waals surface area (Å²) < 4.78 is 16.2. The van der Waals surface area contributed by atoms with Crippen LogP contribution in [-0.2, 0) is 11.2 Å². The molecular formula is C24H22N2O4. The van der Waals surface area contributed by atoms with Gasteiger partial charge in [0.15, 0.2) is 11.5 Å². The monoisotopic (exact) mass is 402 g/mol. The maximum Gasteiger partial charge on any atom is 0.337 e. The molecule has 0 spiro atoms. The van der Waals surface area contributed by atoms with Gasteiger partial charge in [-0.15, -0.1) is 0 Å². The largest absolute Gasteiger partial charge is 0.493 e. The van der Waals surface area contributed by atoms with Crippen LogP contribution < -0.4 is 9.47 Å². The molecule has 0 aliphatic rings. The number of hydrogen-bond donors (Lipinski definition) is 1. The van der Waals surface area contributed by atoms with Gasteiger partial charge < -0.3 is 19.2 Å². The van der Waals surface area contributed by atoms with E-state index in [1.165, 1.54) is 12.7 Å². The number of rotatable bonds is 7. The molecule has 0 fully saturated rings. The first-order valence-electron chi connectivity index (χ1n) is 9.61. The van der Waals surface area contributed by atoms with Crippen LogP contribution in [0.15, 0.2) is 66.7 Å². The van der Waals surface area contributed by atoms with E-state index in [1.54, 1.807) is 25.3 Å². The Morgan fingerprint density at radius 2 is 1.80 bits per heavy atom. The van der Waals surface area contributed by atoms with Crippen LogP contribution in [0.25, 0.3) is 22.4 Å². The molecule has 0 bridgehead atoms. The molecule has 0 amide bonds. The normalized spacial score (nSPS) is 10.7. The zero-order valence-electron chi connectivity index (χ0n) is 16.8. The summed E-state index contributed by atoms with van der Waals surface area (Å²) in [5.41, 5.74) is 4.08. The van der Waals surface area contributed by atoms with Crippen molar-refractivity contribution in [2.24, 2.45) is 0 Å². The van der Waals surface area contributed by atoms with Crippen molar-refractivity contribution < 1.29 is 19.0 Å². The SMILES string of the molecule is COC(=O)c1ccc2nc(-c3ccc(OCCc4ccccc4)c(OC)c3)[nH]c2c1. The van der Waals surface area contributed by atoms with Crippen molar-refractivity contribution in [1.29, 1.82) is 0 Å². The average Bonchev–Trinajstić information content (AvgIpc) is 3.22. The number of fused-ring (bicyclic) bond motifs is 1. The molecule has 0 atom stereocenters. The van der Waals surface area contributed by atoms with Gasteiger partial charge in [-0.05, 0) is 42.0 Å². The predicted molar refractivity (Wildman–Crippen MR) is 115 cm³/mol. The van der Waals surface area contributed by atoms with E-state index in [4.69, 9.17) is 14.2 Å². The number of methoxy groups -OCH3 is 2. The summed E-state index contributed by atoms with van der Waals surface area (Å²) in [4.78, 5) is 19.6. The van der Waals surface area contributed by atoms with E-state index in [1.807, 2.05) is 36.4 Å². The number of nitrogens with zero attached hydrogens (tertiary/aromatic N) is 1. The lowest BCUT2D eigenvalue weighted by Gasteiger charge is -2.11. The Labute approximate surface area is 174 Å². The second-order valence-electron chi connectivity index (χ2n) is 6.76. The number of esters is 1. The van der Waals surface area contributed by atoms with Gasteiger partial charge >= 0.3 is 5.97 Å². The van der Waals surface area contributed by atoms with Crippen molar-refractivity contribution in [1.82, 2.24) is 9.97 Å². The van der Waals surface area contributed by atoms with Crippen LogP contribution in [0.5, 0.6) is 11.5 Å². The third-order valence-corrected chi connectivity index (χ3v) is 4.83. The summed E-state index contributed by atoms with van der Waals surface area (Å²) in [5, 5.41) is 0. The van der Waals surface area contributed by atoms with Gasteiger partial charge in [0.1, 0.15) is 5.82 Å². The van der Waals surface area contributed by atoms with Crippen molar-refractivity contribution in [3.8, 4) is 22.9 Å². The molecule has 30 heavy (non-hydrogen) atoms. The Kier molecular flexibility index (Phi) is 5.66. The van der Waals surface area contributed by atoms with Crippen molar-refractivity contribution >= 4 is 17.0 Å². The van der Waals surface area contributed by atoms with Gasteiger partial charge in [-0.1, -0.05) is 30.3 Å². The highest BCUT2D eigenvalue weighted by molar-refractivity contribution is 5.94. The Morgan fingerprint density at radius 1 is 0.967 bits per heavy atom. The number of ether oxygens (including phenoxy) is 3. The number of aromatic amines is 1. The fourth-order valence-electron chi connectivity index (χ4n) is 3.25. The summed E-state index contributed by atoms with van der Waals surface area (Å²) in [6.45, 7) is 0.556. The van der Waals surface area contributed by atoms with Crippen LogP contribution in [0.1, 0.15) is 15.9 Å². The van der Waals surface area contributed by atoms with Gasteiger partial charge in [-0.3, -0.25) is 0 Å². The van der Waals surface area contributed by atoms with Crippen LogP contribution in [0.3, 0.4) is 0 Å². The minimum absolute atomic E-state index is 0.383. The van der Waals surface area contributed by atoms with E-state index in [2.05, 4.69) is 22.1 Å². The lowest BCUT2D eigenvalue weighted by atomic mass is 10.1. The fourth-order valence-corrected chi connectivity index (χ4v) is 3.25. The summed E-state index contributed by atoms with van der Waals surface area (Å²) in [5.74, 6) is 1.62. The van der Waals surface area contributed by atoms with E-state index in [9.17, 15) is 4.79 Å². The quantitative estimate of drug-likeness (QED) is 0.456. The molecule has 0 radical (unpaired) electrons.